The van der Waals surface area contributed by atoms with Gasteiger partial charge in [-0.05, 0) is 43.3 Å². The molecule has 3 aromatic rings. The molecule has 0 saturated carbocycles. The summed E-state index contributed by atoms with van der Waals surface area (Å²) in [6, 6.07) is 13.1. The zero-order valence-corrected chi connectivity index (χ0v) is 15.0. The fraction of sp³-hybridized carbons (Fsp3) is 0.211. The highest BCUT2D eigenvalue weighted by atomic mass is 16.3. The highest BCUT2D eigenvalue weighted by Crippen LogP contribution is 2.19. The normalized spacial score (nSPS) is 10.4. The number of hydrogen-bond donors (Lipinski definition) is 2. The van der Waals surface area contributed by atoms with Crippen molar-refractivity contribution in [1.82, 2.24) is 15.3 Å². The number of aryl methyl sites for hydroxylation is 1. The number of hydrogen-bond acceptors (Lipinski definition) is 6. The van der Waals surface area contributed by atoms with Crippen molar-refractivity contribution >= 4 is 23.1 Å². The fourth-order valence-electron chi connectivity index (χ4n) is 2.41. The van der Waals surface area contributed by atoms with Crippen LogP contribution < -0.4 is 15.5 Å². The van der Waals surface area contributed by atoms with Gasteiger partial charge in [0.05, 0.1) is 12.8 Å². The Hall–Kier alpha value is -3.35. The van der Waals surface area contributed by atoms with Gasteiger partial charge in [0, 0.05) is 31.5 Å². The second-order valence-electron chi connectivity index (χ2n) is 6.01. The maximum absolute atomic E-state index is 12.3. The van der Waals surface area contributed by atoms with Gasteiger partial charge in [0.25, 0.3) is 5.91 Å². The highest BCUT2D eigenvalue weighted by molar-refractivity contribution is 5.93. The summed E-state index contributed by atoms with van der Waals surface area (Å²) in [7, 11) is 3.98. The Kier molecular flexibility index (Phi) is 5.17. The van der Waals surface area contributed by atoms with Gasteiger partial charge in [0.2, 0.25) is 0 Å². The summed E-state index contributed by atoms with van der Waals surface area (Å²) in [6.45, 7) is 2.06. The van der Waals surface area contributed by atoms with Gasteiger partial charge in [0.15, 0.2) is 0 Å². The van der Waals surface area contributed by atoms with Crippen molar-refractivity contribution in [3.8, 4) is 0 Å². The number of carbonyl (C=O) groups is 1. The van der Waals surface area contributed by atoms with Gasteiger partial charge in [0.1, 0.15) is 23.1 Å². The summed E-state index contributed by atoms with van der Waals surface area (Å²) in [5, 5.41) is 5.99. The first-order valence-corrected chi connectivity index (χ1v) is 8.22. The molecule has 2 heterocycles. The number of benzene rings is 1. The lowest BCUT2D eigenvalue weighted by Crippen LogP contribution is -2.24. The molecule has 0 aliphatic heterocycles. The maximum atomic E-state index is 12.3. The molecule has 7 nitrogen and oxygen atoms in total. The molecule has 0 aliphatic rings. The van der Waals surface area contributed by atoms with E-state index in [9.17, 15) is 4.79 Å². The monoisotopic (exact) mass is 351 g/mol. The lowest BCUT2D eigenvalue weighted by atomic mass is 10.2. The van der Waals surface area contributed by atoms with Crippen molar-refractivity contribution in [3.63, 3.8) is 0 Å². The molecule has 0 unspecified atom stereocenters. The van der Waals surface area contributed by atoms with E-state index in [1.165, 1.54) is 0 Å². The van der Waals surface area contributed by atoms with Crippen LogP contribution in [0, 0.1) is 6.92 Å². The Morgan fingerprint density at radius 1 is 1.15 bits per heavy atom. The third-order valence-corrected chi connectivity index (χ3v) is 3.73. The molecule has 0 spiro atoms. The van der Waals surface area contributed by atoms with Crippen LogP contribution in [0.2, 0.25) is 0 Å². The zero-order chi connectivity index (χ0) is 18.5. The number of nitrogens with zero attached hydrogens (tertiary/aromatic N) is 3. The molecule has 1 amide bonds. The Morgan fingerprint density at radius 3 is 2.58 bits per heavy atom. The zero-order valence-electron chi connectivity index (χ0n) is 15.0. The molecule has 2 aromatic heterocycles. The molecule has 0 atom stereocenters. The van der Waals surface area contributed by atoms with Gasteiger partial charge in [-0.15, -0.1) is 0 Å². The van der Waals surface area contributed by atoms with E-state index >= 15 is 0 Å². The quantitative estimate of drug-likeness (QED) is 0.710. The molecule has 2 N–H and O–H groups in total. The lowest BCUT2D eigenvalue weighted by molar-refractivity contribution is 0.0942. The number of nitrogens with one attached hydrogen (secondary N) is 2. The first-order valence-electron chi connectivity index (χ1n) is 8.22. The second kappa shape index (κ2) is 7.69. The molecule has 0 aliphatic carbocycles. The smallest absolute Gasteiger partial charge is 0.270 e. The van der Waals surface area contributed by atoms with E-state index in [4.69, 9.17) is 4.42 Å². The number of carbonyl (C=O) groups excluding carboxylic acids is 1. The molecule has 1 aromatic carbocycles. The van der Waals surface area contributed by atoms with E-state index in [-0.39, 0.29) is 5.91 Å². The highest BCUT2D eigenvalue weighted by Gasteiger charge is 2.11. The molecule has 0 bridgehead atoms. The number of amides is 1. The first kappa shape index (κ1) is 17.5. The number of anilines is 3. The van der Waals surface area contributed by atoms with Crippen LogP contribution in [0.3, 0.4) is 0 Å². The van der Waals surface area contributed by atoms with Gasteiger partial charge in [-0.25, -0.2) is 9.97 Å². The van der Waals surface area contributed by atoms with Crippen molar-refractivity contribution in [1.29, 1.82) is 0 Å². The van der Waals surface area contributed by atoms with Gasteiger partial charge >= 0.3 is 0 Å². The van der Waals surface area contributed by atoms with Gasteiger partial charge < -0.3 is 20.0 Å². The van der Waals surface area contributed by atoms with E-state index in [2.05, 4.69) is 20.6 Å². The van der Waals surface area contributed by atoms with Crippen LogP contribution in [0.4, 0.5) is 17.2 Å². The molecule has 7 heteroatoms. The van der Waals surface area contributed by atoms with E-state index in [0.29, 0.717) is 29.6 Å². The van der Waals surface area contributed by atoms with Gasteiger partial charge in [-0.3, -0.25) is 4.79 Å². The predicted molar refractivity (Wildman–Crippen MR) is 101 cm³/mol. The third-order valence-electron chi connectivity index (χ3n) is 3.73. The molecule has 26 heavy (non-hydrogen) atoms. The first-order chi connectivity index (χ1) is 12.5. The molecular weight excluding hydrogens is 330 g/mol. The summed E-state index contributed by atoms with van der Waals surface area (Å²) >= 11 is 0. The van der Waals surface area contributed by atoms with Crippen molar-refractivity contribution in [2.75, 3.05) is 24.3 Å². The molecular formula is C19H21N5O2. The van der Waals surface area contributed by atoms with Crippen LogP contribution in [0.15, 0.2) is 53.1 Å². The van der Waals surface area contributed by atoms with Crippen LogP contribution in [-0.4, -0.2) is 30.0 Å². The van der Waals surface area contributed by atoms with Crippen molar-refractivity contribution in [3.05, 3.63) is 66.0 Å². The predicted octanol–water partition coefficient (Wildman–Crippen LogP) is 3.12. The lowest BCUT2D eigenvalue weighted by Gasteiger charge is -2.13. The van der Waals surface area contributed by atoms with Crippen LogP contribution in [0.25, 0.3) is 0 Å². The fourth-order valence-corrected chi connectivity index (χ4v) is 2.41. The minimum atomic E-state index is -0.280. The Balaban J connectivity index is 1.71. The summed E-state index contributed by atoms with van der Waals surface area (Å²) in [5.41, 5.74) is 2.29. The Morgan fingerprint density at radius 2 is 1.92 bits per heavy atom. The van der Waals surface area contributed by atoms with E-state index in [1.54, 1.807) is 31.4 Å². The largest absolute Gasteiger partial charge is 0.467 e. The van der Waals surface area contributed by atoms with Crippen molar-refractivity contribution in [2.45, 2.75) is 13.5 Å². The summed E-state index contributed by atoms with van der Waals surface area (Å²) in [5.74, 6) is 1.49. The third kappa shape index (κ3) is 4.38. The number of rotatable bonds is 6. The summed E-state index contributed by atoms with van der Waals surface area (Å²) in [6.07, 6.45) is 1.57. The number of aromatic nitrogens is 2. The minimum Gasteiger partial charge on any atom is -0.467 e. The average molecular weight is 351 g/mol. The van der Waals surface area contributed by atoms with E-state index in [1.807, 2.05) is 43.3 Å². The van der Waals surface area contributed by atoms with Crippen molar-refractivity contribution < 1.29 is 9.21 Å². The average Bonchev–Trinajstić information content (AvgIpc) is 3.13. The van der Waals surface area contributed by atoms with Crippen LogP contribution in [0.1, 0.15) is 22.1 Å². The summed E-state index contributed by atoms with van der Waals surface area (Å²) in [4.78, 5) is 22.9. The minimum absolute atomic E-state index is 0.280. The standard InChI is InChI=1S/C19H21N5O2/c1-13-21-17(19(25)20-12-16-5-4-10-26-16)11-18(22-13)23-14-6-8-15(9-7-14)24(2)3/h4-11H,12H2,1-3H3,(H,20,25)(H,21,22,23). The van der Waals surface area contributed by atoms with E-state index < -0.39 is 0 Å². The summed E-state index contributed by atoms with van der Waals surface area (Å²) < 4.78 is 5.21. The molecule has 134 valence electrons. The molecule has 0 radical (unpaired) electrons. The Labute approximate surface area is 152 Å². The van der Waals surface area contributed by atoms with Crippen LogP contribution in [-0.2, 0) is 6.54 Å². The molecule has 3 rings (SSSR count). The molecule has 0 saturated heterocycles. The maximum Gasteiger partial charge on any atom is 0.270 e. The van der Waals surface area contributed by atoms with Crippen LogP contribution in [0.5, 0.6) is 0 Å². The van der Waals surface area contributed by atoms with Crippen molar-refractivity contribution in [2.24, 2.45) is 0 Å². The SMILES string of the molecule is Cc1nc(Nc2ccc(N(C)C)cc2)cc(C(=O)NCc2ccco2)n1. The second-order valence-corrected chi connectivity index (χ2v) is 6.01. The van der Waals surface area contributed by atoms with Gasteiger partial charge in [-0.2, -0.15) is 0 Å². The van der Waals surface area contributed by atoms with Gasteiger partial charge in [-0.1, -0.05) is 0 Å². The van der Waals surface area contributed by atoms with E-state index in [0.717, 1.165) is 11.4 Å². The van der Waals surface area contributed by atoms with Crippen LogP contribution >= 0.6 is 0 Å². The number of furan rings is 1. The Bertz CT molecular complexity index is 873. The molecule has 0 fully saturated rings. The topological polar surface area (TPSA) is 83.3 Å².